The van der Waals surface area contributed by atoms with Crippen molar-refractivity contribution < 1.29 is 0 Å². The van der Waals surface area contributed by atoms with Crippen molar-refractivity contribution in [3.05, 3.63) is 38.4 Å². The molecule has 6 heteroatoms. The smallest absolute Gasteiger partial charge is 0.182 e. The molecule has 2 aromatic heterocycles. The van der Waals surface area contributed by atoms with Crippen LogP contribution in [0.4, 0.5) is 0 Å². The minimum atomic E-state index is 0.697. The monoisotopic (exact) mass is 370 g/mol. The second kappa shape index (κ2) is 4.20. The van der Waals surface area contributed by atoms with Crippen molar-refractivity contribution in [2.75, 3.05) is 0 Å². The summed E-state index contributed by atoms with van der Waals surface area (Å²) in [4.78, 5) is 3.24. The number of benzene rings is 1. The second-order valence-corrected chi connectivity index (χ2v) is 5.83. The molecule has 0 radical (unpaired) electrons. The number of nitrogens with zero attached hydrogens (tertiary/aromatic N) is 3. The van der Waals surface area contributed by atoms with Crippen LogP contribution in [0.15, 0.2) is 24.4 Å². The van der Waals surface area contributed by atoms with Gasteiger partial charge in [-0.3, -0.25) is 9.25 Å². The molecule has 0 atom stereocenters. The maximum absolute atomic E-state index is 5.42. The van der Waals surface area contributed by atoms with E-state index in [1.807, 2.05) is 24.7 Å². The van der Waals surface area contributed by atoms with E-state index >= 15 is 0 Å². The van der Waals surface area contributed by atoms with E-state index < -0.39 is 0 Å². The topological polar surface area (TPSA) is 38.5 Å². The van der Waals surface area contributed by atoms with Crippen molar-refractivity contribution in [3.63, 3.8) is 0 Å². The van der Waals surface area contributed by atoms with Gasteiger partial charge in [0, 0.05) is 16.8 Å². The fourth-order valence-corrected chi connectivity index (χ4v) is 2.93. The molecule has 3 aromatic rings. The van der Waals surface area contributed by atoms with Crippen LogP contribution in [0.2, 0.25) is 0 Å². The van der Waals surface area contributed by atoms with Gasteiger partial charge < -0.3 is 4.98 Å². The van der Waals surface area contributed by atoms with Gasteiger partial charge in [-0.15, -0.1) is 0 Å². The van der Waals surface area contributed by atoms with Crippen molar-refractivity contribution in [2.45, 2.75) is 6.92 Å². The Morgan fingerprint density at radius 3 is 2.83 bits per heavy atom. The Morgan fingerprint density at radius 2 is 2.17 bits per heavy atom. The lowest BCUT2D eigenvalue weighted by Gasteiger charge is -2.02. The largest absolute Gasteiger partial charge is 0.330 e. The molecule has 0 fully saturated rings. The van der Waals surface area contributed by atoms with Crippen LogP contribution in [-0.4, -0.2) is 19.3 Å². The normalized spacial score (nSPS) is 11.3. The van der Waals surface area contributed by atoms with Crippen molar-refractivity contribution >= 4 is 45.8 Å². The zero-order valence-electron chi connectivity index (χ0n) is 9.94. The minimum Gasteiger partial charge on any atom is -0.330 e. The number of hydrogen-bond donors (Lipinski definition) is 1. The number of aromatic nitrogens is 4. The van der Waals surface area contributed by atoms with Gasteiger partial charge in [-0.25, -0.2) is 0 Å². The Hall–Kier alpha value is -1.15. The van der Waals surface area contributed by atoms with Gasteiger partial charge in [0.15, 0.2) is 4.77 Å². The summed E-state index contributed by atoms with van der Waals surface area (Å²) in [5.74, 6) is 0. The van der Waals surface area contributed by atoms with Gasteiger partial charge in [0.05, 0.1) is 22.4 Å². The molecule has 0 amide bonds. The maximum atomic E-state index is 5.42. The zero-order chi connectivity index (χ0) is 12.9. The molecular formula is C12H11IN4S. The van der Waals surface area contributed by atoms with E-state index in [4.69, 9.17) is 12.2 Å². The van der Waals surface area contributed by atoms with E-state index in [1.54, 1.807) is 4.68 Å². The van der Waals surface area contributed by atoms with Crippen LogP contribution < -0.4 is 0 Å². The third-order valence-corrected chi connectivity index (χ3v) is 3.83. The average molecular weight is 370 g/mol. The molecule has 0 aliphatic carbocycles. The van der Waals surface area contributed by atoms with Gasteiger partial charge in [-0.1, -0.05) is 0 Å². The van der Waals surface area contributed by atoms with Crippen LogP contribution in [0.3, 0.4) is 0 Å². The van der Waals surface area contributed by atoms with Crippen molar-refractivity contribution in [2.24, 2.45) is 7.05 Å². The van der Waals surface area contributed by atoms with E-state index in [1.165, 1.54) is 3.57 Å². The molecule has 0 saturated carbocycles. The molecule has 3 rings (SSSR count). The Kier molecular flexibility index (Phi) is 2.78. The first-order valence-electron chi connectivity index (χ1n) is 5.47. The average Bonchev–Trinajstić information content (AvgIpc) is 2.77. The molecule has 18 heavy (non-hydrogen) atoms. The lowest BCUT2D eigenvalue weighted by molar-refractivity contribution is 0.756. The Bertz CT molecular complexity index is 796. The Balaban J connectivity index is 2.39. The first kappa shape index (κ1) is 11.9. The number of rotatable bonds is 1. The number of aryl methyl sites for hydroxylation is 2. The first-order chi connectivity index (χ1) is 8.56. The lowest BCUT2D eigenvalue weighted by atomic mass is 10.3. The summed E-state index contributed by atoms with van der Waals surface area (Å²) in [5, 5.41) is 4.37. The summed E-state index contributed by atoms with van der Waals surface area (Å²) in [6.07, 6.45) is 1.98. The summed E-state index contributed by atoms with van der Waals surface area (Å²) < 4.78 is 5.72. The Labute approximate surface area is 123 Å². The van der Waals surface area contributed by atoms with Crippen LogP contribution in [0.25, 0.3) is 16.7 Å². The van der Waals surface area contributed by atoms with Gasteiger partial charge in [-0.2, -0.15) is 5.10 Å². The molecule has 4 nitrogen and oxygen atoms in total. The van der Waals surface area contributed by atoms with E-state index in [0.29, 0.717) is 4.77 Å². The number of H-pyrrole nitrogens is 1. The van der Waals surface area contributed by atoms with Crippen molar-refractivity contribution in [1.82, 2.24) is 19.3 Å². The van der Waals surface area contributed by atoms with Crippen LogP contribution in [-0.2, 0) is 7.05 Å². The number of nitrogens with one attached hydrogen (secondary N) is 1. The van der Waals surface area contributed by atoms with Gasteiger partial charge in [-0.05, 0) is 59.9 Å². The van der Waals surface area contributed by atoms with E-state index in [-0.39, 0.29) is 0 Å². The fraction of sp³-hybridized carbons (Fsp3) is 0.167. The standard InChI is InChI=1S/C12H11IN4S/c1-7-11(6-16(2)15-7)17-10-4-3-8(13)5-9(10)14-12(17)18/h3-6H,1-2H3,(H,14,18). The van der Waals surface area contributed by atoms with Gasteiger partial charge in [0.2, 0.25) is 0 Å². The van der Waals surface area contributed by atoms with Gasteiger partial charge in [0.1, 0.15) is 0 Å². The number of imidazole rings is 1. The van der Waals surface area contributed by atoms with Crippen molar-refractivity contribution in [1.29, 1.82) is 0 Å². The number of halogens is 1. The highest BCUT2D eigenvalue weighted by Crippen LogP contribution is 2.22. The predicted molar refractivity (Wildman–Crippen MR) is 82.7 cm³/mol. The molecule has 0 bridgehead atoms. The molecular weight excluding hydrogens is 359 g/mol. The SMILES string of the molecule is Cc1nn(C)cc1-n1c(=S)[nH]c2cc(I)ccc21. The van der Waals surface area contributed by atoms with Crippen LogP contribution in [0, 0.1) is 15.3 Å². The van der Waals surface area contributed by atoms with Crippen LogP contribution in [0.5, 0.6) is 0 Å². The summed E-state index contributed by atoms with van der Waals surface area (Å²) in [5.41, 5.74) is 4.12. The van der Waals surface area contributed by atoms with Crippen LogP contribution in [0.1, 0.15) is 5.69 Å². The first-order valence-corrected chi connectivity index (χ1v) is 6.96. The van der Waals surface area contributed by atoms with E-state index in [2.05, 4.69) is 50.9 Å². The quantitative estimate of drug-likeness (QED) is 0.527. The molecule has 0 unspecified atom stereocenters. The van der Waals surface area contributed by atoms with Gasteiger partial charge >= 0.3 is 0 Å². The molecule has 1 aromatic carbocycles. The van der Waals surface area contributed by atoms with E-state index in [0.717, 1.165) is 22.4 Å². The highest BCUT2D eigenvalue weighted by Gasteiger charge is 2.11. The highest BCUT2D eigenvalue weighted by molar-refractivity contribution is 14.1. The van der Waals surface area contributed by atoms with Crippen molar-refractivity contribution in [3.8, 4) is 5.69 Å². The molecule has 2 heterocycles. The third kappa shape index (κ3) is 1.79. The summed E-state index contributed by atoms with van der Waals surface area (Å²) >= 11 is 7.71. The maximum Gasteiger partial charge on any atom is 0.182 e. The minimum absolute atomic E-state index is 0.697. The second-order valence-electron chi connectivity index (χ2n) is 4.20. The summed E-state index contributed by atoms with van der Waals surface area (Å²) in [7, 11) is 1.91. The Morgan fingerprint density at radius 1 is 1.39 bits per heavy atom. The zero-order valence-corrected chi connectivity index (χ0v) is 12.9. The summed E-state index contributed by atoms with van der Waals surface area (Å²) in [6, 6.07) is 6.25. The van der Waals surface area contributed by atoms with E-state index in [9.17, 15) is 0 Å². The molecule has 92 valence electrons. The molecule has 1 N–H and O–H groups in total. The third-order valence-electron chi connectivity index (χ3n) is 2.87. The van der Waals surface area contributed by atoms with Gasteiger partial charge in [0.25, 0.3) is 0 Å². The molecule has 0 spiro atoms. The number of aromatic amines is 1. The summed E-state index contributed by atoms with van der Waals surface area (Å²) in [6.45, 7) is 1.99. The number of hydrogen-bond acceptors (Lipinski definition) is 2. The molecule has 0 aliphatic rings. The van der Waals surface area contributed by atoms with Crippen LogP contribution >= 0.6 is 34.8 Å². The predicted octanol–water partition coefficient (Wildman–Crippen LogP) is 3.33. The fourth-order valence-electron chi connectivity index (χ4n) is 2.13. The molecule has 0 saturated heterocycles. The molecule has 0 aliphatic heterocycles. The lowest BCUT2D eigenvalue weighted by Crippen LogP contribution is -1.94. The number of fused-ring (bicyclic) bond motifs is 1. The highest BCUT2D eigenvalue weighted by atomic mass is 127.